The van der Waals surface area contributed by atoms with Gasteiger partial charge < -0.3 is 24.1 Å². The Labute approximate surface area is 203 Å². The Morgan fingerprint density at radius 3 is 2.65 bits per heavy atom. The number of ether oxygens (including phenoxy) is 2. The highest BCUT2D eigenvalue weighted by molar-refractivity contribution is 8.00. The van der Waals surface area contributed by atoms with E-state index in [0.29, 0.717) is 34.8 Å². The van der Waals surface area contributed by atoms with Crippen LogP contribution in [0, 0.1) is 5.92 Å². The number of benzene rings is 1. The van der Waals surface area contributed by atoms with E-state index in [9.17, 15) is 4.79 Å². The first-order chi connectivity index (χ1) is 16.5. The lowest BCUT2D eigenvalue weighted by Crippen LogP contribution is -2.35. The summed E-state index contributed by atoms with van der Waals surface area (Å²) in [4.78, 5) is 15.2. The van der Waals surface area contributed by atoms with Gasteiger partial charge in [0.05, 0.1) is 32.3 Å². The van der Waals surface area contributed by atoms with Crippen LogP contribution in [0.2, 0.25) is 0 Å². The number of rotatable bonds is 9. The van der Waals surface area contributed by atoms with Gasteiger partial charge in [-0.3, -0.25) is 9.36 Å². The molecule has 3 aromatic rings. The van der Waals surface area contributed by atoms with Gasteiger partial charge in [0.2, 0.25) is 11.9 Å². The van der Waals surface area contributed by atoms with E-state index in [4.69, 9.17) is 13.9 Å². The van der Waals surface area contributed by atoms with E-state index >= 15 is 0 Å². The Hall–Kier alpha value is -3.14. The maximum absolute atomic E-state index is 13.0. The van der Waals surface area contributed by atoms with Gasteiger partial charge in [0.1, 0.15) is 5.76 Å². The number of nitrogens with one attached hydrogen (secondary N) is 1. The van der Waals surface area contributed by atoms with Crippen molar-refractivity contribution in [2.75, 3.05) is 37.5 Å². The number of aromatic nitrogens is 3. The number of furan rings is 1. The van der Waals surface area contributed by atoms with Crippen molar-refractivity contribution in [3.05, 3.63) is 42.4 Å². The van der Waals surface area contributed by atoms with Crippen LogP contribution >= 0.6 is 11.8 Å². The van der Waals surface area contributed by atoms with Crippen molar-refractivity contribution in [2.24, 2.45) is 5.92 Å². The number of piperidine rings is 1. The standard InChI is InChI=1S/C24H31N5O4S/c1-16-9-11-28(12-10-16)23-26-27-24(29(23)15-19-6-5-13-33-19)34-17(2)22(30)25-18-7-8-20(31-3)21(14-18)32-4/h5-8,13-14,16-17H,9-12,15H2,1-4H3,(H,25,30). The molecule has 1 aromatic carbocycles. The molecular weight excluding hydrogens is 454 g/mol. The van der Waals surface area contributed by atoms with Crippen LogP contribution in [0.25, 0.3) is 0 Å². The van der Waals surface area contributed by atoms with Gasteiger partial charge in [-0.05, 0) is 49.9 Å². The molecule has 4 rings (SSSR count). The minimum Gasteiger partial charge on any atom is -0.493 e. The van der Waals surface area contributed by atoms with Crippen LogP contribution in [-0.2, 0) is 11.3 Å². The number of carbonyl (C=O) groups is 1. The fourth-order valence-electron chi connectivity index (χ4n) is 3.88. The van der Waals surface area contributed by atoms with Gasteiger partial charge >= 0.3 is 0 Å². The van der Waals surface area contributed by atoms with Gasteiger partial charge in [0.25, 0.3) is 0 Å². The summed E-state index contributed by atoms with van der Waals surface area (Å²) >= 11 is 1.38. The van der Waals surface area contributed by atoms with Gasteiger partial charge in [-0.1, -0.05) is 18.7 Å². The molecule has 1 fully saturated rings. The topological polar surface area (TPSA) is 94.7 Å². The van der Waals surface area contributed by atoms with Gasteiger partial charge in [-0.15, -0.1) is 10.2 Å². The third kappa shape index (κ3) is 5.49. The second kappa shape index (κ2) is 10.9. The van der Waals surface area contributed by atoms with Crippen molar-refractivity contribution in [1.29, 1.82) is 0 Å². The lowest BCUT2D eigenvalue weighted by molar-refractivity contribution is -0.115. The summed E-state index contributed by atoms with van der Waals surface area (Å²) in [6.07, 6.45) is 3.91. The molecule has 0 bridgehead atoms. The Balaban J connectivity index is 1.50. The summed E-state index contributed by atoms with van der Waals surface area (Å²) in [7, 11) is 3.14. The van der Waals surface area contributed by atoms with Gasteiger partial charge in [0.15, 0.2) is 16.7 Å². The quantitative estimate of drug-likeness (QED) is 0.449. The van der Waals surface area contributed by atoms with Crippen molar-refractivity contribution in [1.82, 2.24) is 14.8 Å². The van der Waals surface area contributed by atoms with Crippen LogP contribution in [0.5, 0.6) is 11.5 Å². The second-order valence-electron chi connectivity index (χ2n) is 8.44. The minimum atomic E-state index is -0.401. The average molecular weight is 486 g/mol. The first-order valence-corrected chi connectivity index (χ1v) is 12.3. The minimum absolute atomic E-state index is 0.141. The Morgan fingerprint density at radius 1 is 1.21 bits per heavy atom. The summed E-state index contributed by atoms with van der Waals surface area (Å²) in [5, 5.41) is 12.2. The Kier molecular flexibility index (Phi) is 7.66. The van der Waals surface area contributed by atoms with Gasteiger partial charge in [-0.25, -0.2) is 0 Å². The second-order valence-corrected chi connectivity index (χ2v) is 9.74. The van der Waals surface area contributed by atoms with E-state index < -0.39 is 5.25 Å². The van der Waals surface area contributed by atoms with Crippen LogP contribution in [0.15, 0.2) is 46.2 Å². The molecule has 1 N–H and O–H groups in total. The molecule has 1 aliphatic rings. The van der Waals surface area contributed by atoms with Crippen molar-refractivity contribution in [3.8, 4) is 11.5 Å². The molecule has 10 heteroatoms. The van der Waals surface area contributed by atoms with Gasteiger partial charge in [-0.2, -0.15) is 0 Å². The number of methoxy groups -OCH3 is 2. The van der Waals surface area contributed by atoms with E-state index in [1.165, 1.54) is 11.8 Å². The molecule has 1 amide bonds. The molecule has 0 saturated carbocycles. The van der Waals surface area contributed by atoms with Crippen LogP contribution in [0.3, 0.4) is 0 Å². The predicted molar refractivity (Wildman–Crippen MR) is 132 cm³/mol. The number of hydrogen-bond donors (Lipinski definition) is 1. The lowest BCUT2D eigenvalue weighted by atomic mass is 10.00. The predicted octanol–water partition coefficient (Wildman–Crippen LogP) is 4.29. The van der Waals surface area contributed by atoms with Crippen molar-refractivity contribution >= 4 is 29.3 Å². The fourth-order valence-corrected chi connectivity index (χ4v) is 4.72. The molecule has 1 atom stereocenters. The van der Waals surface area contributed by atoms with Crippen LogP contribution in [-0.4, -0.2) is 53.2 Å². The zero-order valence-corrected chi connectivity index (χ0v) is 20.8. The number of carbonyl (C=O) groups excluding carboxylic acids is 1. The number of amides is 1. The fraction of sp³-hybridized carbons (Fsp3) is 0.458. The largest absolute Gasteiger partial charge is 0.493 e. The highest BCUT2D eigenvalue weighted by Gasteiger charge is 2.26. The van der Waals surface area contributed by atoms with Gasteiger partial charge in [0, 0.05) is 24.8 Å². The molecule has 182 valence electrons. The molecule has 1 unspecified atom stereocenters. The number of hydrogen-bond acceptors (Lipinski definition) is 8. The number of thioether (sulfide) groups is 1. The molecule has 3 heterocycles. The molecule has 2 aromatic heterocycles. The summed E-state index contributed by atoms with van der Waals surface area (Å²) in [5.74, 6) is 3.37. The maximum atomic E-state index is 13.0. The van der Waals surface area contributed by atoms with E-state index in [1.807, 2.05) is 23.6 Å². The SMILES string of the molecule is COc1ccc(NC(=O)C(C)Sc2nnc(N3CCC(C)CC3)n2Cc2ccco2)cc1OC. The normalized spacial score (nSPS) is 15.2. The lowest BCUT2D eigenvalue weighted by Gasteiger charge is -2.31. The van der Waals surface area contributed by atoms with Crippen LogP contribution in [0.1, 0.15) is 32.4 Å². The van der Waals surface area contributed by atoms with E-state index in [0.717, 1.165) is 37.6 Å². The molecule has 0 spiro atoms. The maximum Gasteiger partial charge on any atom is 0.237 e. The van der Waals surface area contributed by atoms with Crippen molar-refractivity contribution in [2.45, 2.75) is 43.6 Å². The number of nitrogens with zero attached hydrogens (tertiary/aromatic N) is 4. The Morgan fingerprint density at radius 2 is 1.97 bits per heavy atom. The summed E-state index contributed by atoms with van der Waals surface area (Å²) < 4.78 is 18.2. The van der Waals surface area contributed by atoms with Crippen LogP contribution in [0.4, 0.5) is 11.6 Å². The first-order valence-electron chi connectivity index (χ1n) is 11.4. The highest BCUT2D eigenvalue weighted by atomic mass is 32.2. The third-order valence-corrected chi connectivity index (χ3v) is 7.04. The summed E-state index contributed by atoms with van der Waals surface area (Å²) in [6.45, 7) is 6.53. The zero-order chi connectivity index (χ0) is 24.1. The molecule has 0 aliphatic carbocycles. The summed E-state index contributed by atoms with van der Waals surface area (Å²) in [5.41, 5.74) is 0.635. The van der Waals surface area contributed by atoms with Crippen molar-refractivity contribution < 1.29 is 18.7 Å². The molecule has 1 aliphatic heterocycles. The Bertz CT molecular complexity index is 1090. The smallest absolute Gasteiger partial charge is 0.237 e. The average Bonchev–Trinajstić information content (AvgIpc) is 3.50. The van der Waals surface area contributed by atoms with E-state index in [1.54, 1.807) is 38.7 Å². The molecule has 34 heavy (non-hydrogen) atoms. The summed E-state index contributed by atoms with van der Waals surface area (Å²) in [6, 6.07) is 9.09. The van der Waals surface area contributed by atoms with Crippen molar-refractivity contribution in [3.63, 3.8) is 0 Å². The molecule has 1 saturated heterocycles. The molecule has 9 nitrogen and oxygen atoms in total. The molecule has 0 radical (unpaired) electrons. The monoisotopic (exact) mass is 485 g/mol. The van der Waals surface area contributed by atoms with E-state index in [-0.39, 0.29) is 5.91 Å². The first kappa shape index (κ1) is 24.0. The zero-order valence-electron chi connectivity index (χ0n) is 20.0. The van der Waals surface area contributed by atoms with E-state index in [2.05, 4.69) is 27.3 Å². The van der Waals surface area contributed by atoms with Crippen LogP contribution < -0.4 is 19.7 Å². The number of anilines is 2. The highest BCUT2D eigenvalue weighted by Crippen LogP contribution is 2.32. The molecular formula is C24H31N5O4S. The third-order valence-electron chi connectivity index (χ3n) is 5.96.